The van der Waals surface area contributed by atoms with E-state index < -0.39 is 6.10 Å². The first kappa shape index (κ1) is 19.7. The first-order valence-corrected chi connectivity index (χ1v) is 9.12. The maximum atomic E-state index is 12.6. The van der Waals surface area contributed by atoms with Crippen molar-refractivity contribution in [2.24, 2.45) is 5.92 Å². The largest absolute Gasteiger partial charge is 0.385 e. The van der Waals surface area contributed by atoms with Gasteiger partial charge in [-0.3, -0.25) is 9.59 Å². The third kappa shape index (κ3) is 4.95. The molecule has 3 unspecified atom stereocenters. The molecule has 2 aliphatic rings. The van der Waals surface area contributed by atoms with Crippen LogP contribution in [0.4, 0.5) is 0 Å². The van der Waals surface area contributed by atoms with E-state index >= 15 is 0 Å². The number of rotatable bonds is 6. The minimum Gasteiger partial charge on any atom is -0.385 e. The first-order chi connectivity index (χ1) is 12.0. The SMILES string of the molecule is CCC1CC(C)C(C(=O)NCC(OC)C(=O)N2CCOCC2)=C(C)N1. The Morgan fingerprint density at radius 3 is 2.64 bits per heavy atom. The monoisotopic (exact) mass is 353 g/mol. The van der Waals surface area contributed by atoms with Gasteiger partial charge in [-0.1, -0.05) is 13.8 Å². The Morgan fingerprint density at radius 2 is 2.08 bits per heavy atom. The van der Waals surface area contributed by atoms with Crippen molar-refractivity contribution in [2.75, 3.05) is 40.0 Å². The van der Waals surface area contributed by atoms with Crippen molar-refractivity contribution in [1.29, 1.82) is 0 Å². The number of carbonyl (C=O) groups excluding carboxylic acids is 2. The van der Waals surface area contributed by atoms with Crippen molar-refractivity contribution in [3.05, 3.63) is 11.3 Å². The molecule has 7 nitrogen and oxygen atoms in total. The molecule has 2 heterocycles. The molecule has 0 saturated carbocycles. The highest BCUT2D eigenvalue weighted by molar-refractivity contribution is 5.95. The summed E-state index contributed by atoms with van der Waals surface area (Å²) in [4.78, 5) is 26.8. The molecule has 0 aliphatic carbocycles. The first-order valence-electron chi connectivity index (χ1n) is 9.12. The zero-order valence-electron chi connectivity index (χ0n) is 15.8. The van der Waals surface area contributed by atoms with Crippen LogP contribution in [-0.4, -0.2) is 68.8 Å². The van der Waals surface area contributed by atoms with Crippen LogP contribution in [0, 0.1) is 5.92 Å². The summed E-state index contributed by atoms with van der Waals surface area (Å²) >= 11 is 0. The number of carbonyl (C=O) groups is 2. The highest BCUT2D eigenvalue weighted by atomic mass is 16.5. The number of morpholine rings is 1. The third-order valence-electron chi connectivity index (χ3n) is 5.02. The summed E-state index contributed by atoms with van der Waals surface area (Å²) in [6.07, 6.45) is 1.31. The molecule has 2 aliphatic heterocycles. The molecule has 3 atom stereocenters. The summed E-state index contributed by atoms with van der Waals surface area (Å²) in [5.41, 5.74) is 1.70. The second kappa shape index (κ2) is 9.20. The topological polar surface area (TPSA) is 79.9 Å². The maximum absolute atomic E-state index is 12.6. The van der Waals surface area contributed by atoms with Crippen LogP contribution in [0.1, 0.15) is 33.6 Å². The van der Waals surface area contributed by atoms with Gasteiger partial charge in [0.1, 0.15) is 0 Å². The number of hydrogen-bond donors (Lipinski definition) is 2. The normalized spacial score (nSPS) is 25.4. The number of methoxy groups -OCH3 is 1. The number of nitrogens with zero attached hydrogens (tertiary/aromatic N) is 1. The molecule has 0 aromatic carbocycles. The lowest BCUT2D eigenvalue weighted by atomic mass is 9.87. The summed E-state index contributed by atoms with van der Waals surface area (Å²) in [7, 11) is 1.50. The van der Waals surface area contributed by atoms with Crippen molar-refractivity contribution < 1.29 is 19.1 Å². The van der Waals surface area contributed by atoms with Gasteiger partial charge in [0.05, 0.1) is 19.8 Å². The lowest BCUT2D eigenvalue weighted by molar-refractivity contribution is -0.146. The average Bonchev–Trinajstić information content (AvgIpc) is 2.62. The quantitative estimate of drug-likeness (QED) is 0.733. The molecule has 2 N–H and O–H groups in total. The number of amides is 2. The Morgan fingerprint density at radius 1 is 1.40 bits per heavy atom. The van der Waals surface area contributed by atoms with E-state index in [1.165, 1.54) is 7.11 Å². The molecule has 0 spiro atoms. The van der Waals surface area contributed by atoms with E-state index in [4.69, 9.17) is 9.47 Å². The number of allylic oxidation sites excluding steroid dienone is 1. The second-order valence-electron chi connectivity index (χ2n) is 6.80. The number of hydrogen-bond acceptors (Lipinski definition) is 5. The van der Waals surface area contributed by atoms with Gasteiger partial charge in [-0.25, -0.2) is 0 Å². The van der Waals surface area contributed by atoms with Crippen molar-refractivity contribution in [1.82, 2.24) is 15.5 Å². The average molecular weight is 353 g/mol. The summed E-state index contributed by atoms with van der Waals surface area (Å²) < 4.78 is 10.6. The van der Waals surface area contributed by atoms with Crippen LogP contribution in [0.3, 0.4) is 0 Å². The van der Waals surface area contributed by atoms with Gasteiger partial charge in [-0.05, 0) is 25.7 Å². The van der Waals surface area contributed by atoms with E-state index in [2.05, 4.69) is 24.5 Å². The Balaban J connectivity index is 1.94. The lowest BCUT2D eigenvalue weighted by Gasteiger charge is -2.32. The molecule has 25 heavy (non-hydrogen) atoms. The molecule has 2 rings (SSSR count). The molecule has 0 radical (unpaired) electrons. The molecule has 1 fully saturated rings. The Hall–Kier alpha value is -1.60. The zero-order valence-corrected chi connectivity index (χ0v) is 15.8. The summed E-state index contributed by atoms with van der Waals surface area (Å²) in [6, 6.07) is 0.418. The van der Waals surface area contributed by atoms with E-state index in [1.807, 2.05) is 6.92 Å². The van der Waals surface area contributed by atoms with Gasteiger partial charge in [0.25, 0.3) is 5.91 Å². The van der Waals surface area contributed by atoms with Crippen LogP contribution >= 0.6 is 0 Å². The fourth-order valence-electron chi connectivity index (χ4n) is 3.56. The standard InChI is InChI=1S/C18H31N3O4/c1-5-14-10-12(2)16(13(3)20-14)17(22)19-11-15(24-4)18(23)21-6-8-25-9-7-21/h12,14-15,20H,5-11H2,1-4H3,(H,19,22). The predicted octanol–water partition coefficient (Wildman–Crippen LogP) is 0.658. The van der Waals surface area contributed by atoms with Gasteiger partial charge < -0.3 is 25.0 Å². The van der Waals surface area contributed by atoms with E-state index in [0.29, 0.717) is 32.3 Å². The van der Waals surface area contributed by atoms with Gasteiger partial charge in [-0.15, -0.1) is 0 Å². The van der Waals surface area contributed by atoms with Crippen molar-refractivity contribution in [3.63, 3.8) is 0 Å². The van der Waals surface area contributed by atoms with Crippen LogP contribution in [0.2, 0.25) is 0 Å². The van der Waals surface area contributed by atoms with Crippen LogP contribution < -0.4 is 10.6 Å². The molecule has 7 heteroatoms. The number of ether oxygens (including phenoxy) is 2. The summed E-state index contributed by atoms with van der Waals surface area (Å²) in [5, 5.41) is 6.28. The molecule has 0 aromatic rings. The van der Waals surface area contributed by atoms with Gasteiger partial charge >= 0.3 is 0 Å². The highest BCUT2D eigenvalue weighted by Crippen LogP contribution is 2.26. The highest BCUT2D eigenvalue weighted by Gasteiger charge is 2.30. The smallest absolute Gasteiger partial charge is 0.253 e. The van der Waals surface area contributed by atoms with Crippen LogP contribution in [0.15, 0.2) is 11.3 Å². The minimum absolute atomic E-state index is 0.0994. The molecule has 0 bridgehead atoms. The van der Waals surface area contributed by atoms with Crippen molar-refractivity contribution in [2.45, 2.75) is 45.8 Å². The minimum atomic E-state index is -0.668. The summed E-state index contributed by atoms with van der Waals surface area (Å²) in [5.74, 6) is -0.0244. The van der Waals surface area contributed by atoms with Crippen molar-refractivity contribution >= 4 is 11.8 Å². The summed E-state index contributed by atoms with van der Waals surface area (Å²) in [6.45, 7) is 8.56. The van der Waals surface area contributed by atoms with Crippen LogP contribution in [-0.2, 0) is 19.1 Å². The van der Waals surface area contributed by atoms with Gasteiger partial charge in [-0.2, -0.15) is 0 Å². The Kier molecular flexibility index (Phi) is 7.25. The molecular formula is C18H31N3O4. The molecule has 2 amide bonds. The third-order valence-corrected chi connectivity index (χ3v) is 5.02. The lowest BCUT2D eigenvalue weighted by Crippen LogP contribution is -2.50. The zero-order chi connectivity index (χ0) is 18.4. The van der Waals surface area contributed by atoms with E-state index in [1.54, 1.807) is 4.90 Å². The van der Waals surface area contributed by atoms with Gasteiger partial charge in [0.15, 0.2) is 6.10 Å². The van der Waals surface area contributed by atoms with Gasteiger partial charge in [0.2, 0.25) is 5.91 Å². The molecule has 1 saturated heterocycles. The Bertz CT molecular complexity index is 514. The van der Waals surface area contributed by atoms with E-state index in [-0.39, 0.29) is 24.3 Å². The molecule has 0 aromatic heterocycles. The van der Waals surface area contributed by atoms with Gasteiger partial charge in [0, 0.05) is 37.5 Å². The molecular weight excluding hydrogens is 322 g/mol. The predicted molar refractivity (Wildman–Crippen MR) is 94.9 cm³/mol. The van der Waals surface area contributed by atoms with E-state index in [9.17, 15) is 9.59 Å². The van der Waals surface area contributed by atoms with E-state index in [0.717, 1.165) is 24.1 Å². The second-order valence-corrected chi connectivity index (χ2v) is 6.80. The Labute approximate surface area is 150 Å². The van der Waals surface area contributed by atoms with Crippen LogP contribution in [0.5, 0.6) is 0 Å². The fourth-order valence-corrected chi connectivity index (χ4v) is 3.56. The van der Waals surface area contributed by atoms with Crippen LogP contribution in [0.25, 0.3) is 0 Å². The molecule has 142 valence electrons. The maximum Gasteiger partial charge on any atom is 0.253 e. The van der Waals surface area contributed by atoms with Crippen molar-refractivity contribution in [3.8, 4) is 0 Å². The number of nitrogens with one attached hydrogen (secondary N) is 2. The fraction of sp³-hybridized carbons (Fsp3) is 0.778.